The van der Waals surface area contributed by atoms with Gasteiger partial charge in [0.05, 0.1) is 0 Å². The lowest BCUT2D eigenvalue weighted by Crippen LogP contribution is -2.30. The van der Waals surface area contributed by atoms with Gasteiger partial charge in [-0.15, -0.1) is 0 Å². The summed E-state index contributed by atoms with van der Waals surface area (Å²) in [6.45, 7) is 1.72. The summed E-state index contributed by atoms with van der Waals surface area (Å²) >= 11 is 0. The fourth-order valence-corrected chi connectivity index (χ4v) is 1.12. The molecular weight excluding hydrogens is 170 g/mol. The van der Waals surface area contributed by atoms with E-state index in [0.29, 0.717) is 19.3 Å². The van der Waals surface area contributed by atoms with Gasteiger partial charge in [-0.05, 0) is 12.8 Å². The van der Waals surface area contributed by atoms with Crippen molar-refractivity contribution in [3.63, 3.8) is 0 Å². The number of primary amides is 1. The number of carbonyl (C=O) groups excluding carboxylic acids is 1. The van der Waals surface area contributed by atoms with Crippen molar-refractivity contribution in [3.05, 3.63) is 0 Å². The van der Waals surface area contributed by atoms with Crippen LogP contribution in [0, 0.1) is 0 Å². The van der Waals surface area contributed by atoms with E-state index in [1.54, 1.807) is 6.92 Å². The van der Waals surface area contributed by atoms with E-state index in [-0.39, 0.29) is 5.91 Å². The highest BCUT2D eigenvalue weighted by Crippen LogP contribution is 2.24. The van der Waals surface area contributed by atoms with E-state index in [2.05, 4.69) is 5.73 Å². The third-order valence-corrected chi connectivity index (χ3v) is 2.00. The van der Waals surface area contributed by atoms with Gasteiger partial charge in [-0.3, -0.25) is 4.79 Å². The zero-order valence-corrected chi connectivity index (χ0v) is 8.12. The number of hydrogen-bond donors (Lipinski definition) is 3. The fourth-order valence-electron chi connectivity index (χ4n) is 1.12. The van der Waals surface area contributed by atoms with E-state index >= 15 is 0 Å². The highest BCUT2D eigenvalue weighted by molar-refractivity contribution is 5.73. The molecule has 0 aromatic rings. The Balaban J connectivity index is 0.000000252. The Morgan fingerprint density at radius 2 is 1.69 bits per heavy atom. The van der Waals surface area contributed by atoms with Crippen LogP contribution in [0.3, 0.4) is 0 Å². The Labute approximate surface area is 78.7 Å². The smallest absolute Gasteiger partial charge is 0.217 e. The molecule has 1 saturated carbocycles. The van der Waals surface area contributed by atoms with Crippen LogP contribution in [0.4, 0.5) is 0 Å². The fraction of sp³-hybridized carbons (Fsp3) is 0.889. The number of hydrogen-bond acceptors (Lipinski definition) is 3. The lowest BCUT2D eigenvalue weighted by molar-refractivity contribution is -0.180. The summed E-state index contributed by atoms with van der Waals surface area (Å²) in [5, 5.41) is 17.9. The lowest BCUT2D eigenvalue weighted by Gasteiger charge is -2.25. The van der Waals surface area contributed by atoms with Gasteiger partial charge in [0.15, 0.2) is 5.79 Å². The summed E-state index contributed by atoms with van der Waals surface area (Å²) in [4.78, 5) is 9.59. The molecule has 1 rings (SSSR count). The van der Waals surface area contributed by atoms with Crippen LogP contribution in [-0.4, -0.2) is 21.9 Å². The van der Waals surface area contributed by atoms with Crippen LogP contribution in [0.15, 0.2) is 0 Å². The number of amides is 1. The molecule has 0 aliphatic heterocycles. The van der Waals surface area contributed by atoms with E-state index in [1.807, 2.05) is 0 Å². The Kier molecular flexibility index (Phi) is 5.66. The SMILES string of the molecule is CCC(N)=O.OC1(O)CCCCC1. The van der Waals surface area contributed by atoms with Crippen molar-refractivity contribution in [2.45, 2.75) is 51.2 Å². The monoisotopic (exact) mass is 189 g/mol. The second kappa shape index (κ2) is 5.94. The highest BCUT2D eigenvalue weighted by atomic mass is 16.5. The molecule has 1 fully saturated rings. The topological polar surface area (TPSA) is 83.6 Å². The predicted molar refractivity (Wildman–Crippen MR) is 49.7 cm³/mol. The molecule has 1 aliphatic rings. The molecule has 0 unspecified atom stereocenters. The van der Waals surface area contributed by atoms with Gasteiger partial charge in [-0.2, -0.15) is 0 Å². The minimum atomic E-state index is -1.32. The maximum Gasteiger partial charge on any atom is 0.217 e. The lowest BCUT2D eigenvalue weighted by atomic mass is 9.95. The molecule has 1 amide bonds. The molecule has 4 heteroatoms. The van der Waals surface area contributed by atoms with Crippen molar-refractivity contribution < 1.29 is 15.0 Å². The molecule has 78 valence electrons. The molecule has 0 radical (unpaired) electrons. The first-order valence-corrected chi connectivity index (χ1v) is 4.71. The summed E-state index contributed by atoms with van der Waals surface area (Å²) in [6.07, 6.45) is 4.66. The summed E-state index contributed by atoms with van der Waals surface area (Å²) in [6, 6.07) is 0. The zero-order chi connectivity index (χ0) is 10.3. The van der Waals surface area contributed by atoms with Crippen LogP contribution < -0.4 is 5.73 Å². The standard InChI is InChI=1S/C6H12O2.C3H7NO/c7-6(8)4-2-1-3-5-6;1-2-3(4)5/h7-8H,1-5H2;2H2,1H3,(H2,4,5). The molecule has 0 aromatic carbocycles. The van der Waals surface area contributed by atoms with E-state index < -0.39 is 5.79 Å². The predicted octanol–water partition coefficient (Wildman–Crippen LogP) is 0.513. The summed E-state index contributed by atoms with van der Waals surface area (Å²) in [7, 11) is 0. The van der Waals surface area contributed by atoms with Crippen molar-refractivity contribution in [1.82, 2.24) is 0 Å². The minimum Gasteiger partial charge on any atom is -0.370 e. The van der Waals surface area contributed by atoms with E-state index in [1.165, 1.54) is 0 Å². The number of rotatable bonds is 1. The quantitative estimate of drug-likeness (QED) is 0.525. The largest absolute Gasteiger partial charge is 0.370 e. The van der Waals surface area contributed by atoms with Crippen LogP contribution in [0.5, 0.6) is 0 Å². The van der Waals surface area contributed by atoms with Gasteiger partial charge in [0.25, 0.3) is 0 Å². The van der Waals surface area contributed by atoms with Gasteiger partial charge in [-0.1, -0.05) is 13.3 Å². The number of aliphatic hydroxyl groups is 2. The maximum atomic E-state index is 9.59. The summed E-state index contributed by atoms with van der Waals surface area (Å²) in [5.41, 5.74) is 4.65. The third kappa shape index (κ3) is 7.74. The Hall–Kier alpha value is -0.610. The number of nitrogens with two attached hydrogens (primary N) is 1. The van der Waals surface area contributed by atoms with Crippen molar-refractivity contribution >= 4 is 5.91 Å². The Morgan fingerprint density at radius 3 is 1.85 bits per heavy atom. The van der Waals surface area contributed by atoms with Gasteiger partial charge >= 0.3 is 0 Å². The molecule has 13 heavy (non-hydrogen) atoms. The van der Waals surface area contributed by atoms with Crippen molar-refractivity contribution in [3.8, 4) is 0 Å². The van der Waals surface area contributed by atoms with Gasteiger partial charge < -0.3 is 15.9 Å². The van der Waals surface area contributed by atoms with Crippen molar-refractivity contribution in [2.75, 3.05) is 0 Å². The molecule has 0 bridgehead atoms. The normalized spacial score (nSPS) is 19.9. The van der Waals surface area contributed by atoms with Crippen LogP contribution in [-0.2, 0) is 4.79 Å². The molecule has 0 heterocycles. The third-order valence-electron chi connectivity index (χ3n) is 2.00. The molecule has 0 atom stereocenters. The summed E-state index contributed by atoms with van der Waals surface area (Å²) in [5.74, 6) is -1.57. The highest BCUT2D eigenvalue weighted by Gasteiger charge is 2.24. The van der Waals surface area contributed by atoms with Crippen LogP contribution in [0.2, 0.25) is 0 Å². The Morgan fingerprint density at radius 1 is 1.31 bits per heavy atom. The molecule has 0 aromatic heterocycles. The molecule has 0 saturated heterocycles. The van der Waals surface area contributed by atoms with E-state index in [4.69, 9.17) is 10.2 Å². The van der Waals surface area contributed by atoms with Crippen molar-refractivity contribution in [2.24, 2.45) is 5.73 Å². The first-order chi connectivity index (χ1) is 5.98. The zero-order valence-electron chi connectivity index (χ0n) is 8.12. The van der Waals surface area contributed by atoms with E-state index in [0.717, 1.165) is 19.3 Å². The average Bonchev–Trinajstić information content (AvgIpc) is 2.05. The molecule has 4 nitrogen and oxygen atoms in total. The molecular formula is C9H19NO3. The van der Waals surface area contributed by atoms with Crippen molar-refractivity contribution in [1.29, 1.82) is 0 Å². The van der Waals surface area contributed by atoms with Gasteiger partial charge in [0.1, 0.15) is 0 Å². The minimum absolute atomic E-state index is 0.245. The second-order valence-corrected chi connectivity index (χ2v) is 3.36. The van der Waals surface area contributed by atoms with Crippen LogP contribution in [0.25, 0.3) is 0 Å². The average molecular weight is 189 g/mol. The van der Waals surface area contributed by atoms with Gasteiger partial charge in [0.2, 0.25) is 5.91 Å². The summed E-state index contributed by atoms with van der Waals surface area (Å²) < 4.78 is 0. The molecule has 1 aliphatic carbocycles. The first-order valence-electron chi connectivity index (χ1n) is 4.71. The second-order valence-electron chi connectivity index (χ2n) is 3.36. The van der Waals surface area contributed by atoms with E-state index in [9.17, 15) is 4.79 Å². The van der Waals surface area contributed by atoms with Gasteiger partial charge in [-0.25, -0.2) is 0 Å². The molecule has 4 N–H and O–H groups in total. The van der Waals surface area contributed by atoms with Crippen LogP contribution >= 0.6 is 0 Å². The first kappa shape index (κ1) is 12.4. The number of carbonyl (C=O) groups is 1. The van der Waals surface area contributed by atoms with Crippen LogP contribution in [0.1, 0.15) is 45.4 Å². The van der Waals surface area contributed by atoms with Gasteiger partial charge in [0, 0.05) is 19.3 Å². The maximum absolute atomic E-state index is 9.59. The molecule has 0 spiro atoms. The Bertz CT molecular complexity index is 149.